The lowest BCUT2D eigenvalue weighted by atomic mass is 10.3. The van der Waals surface area contributed by atoms with E-state index in [2.05, 4.69) is 10.4 Å². The van der Waals surface area contributed by atoms with Crippen LogP contribution in [0.25, 0.3) is 11.0 Å². The van der Waals surface area contributed by atoms with Gasteiger partial charge >= 0.3 is 0 Å². The number of rotatable bonds is 1. The molecule has 0 saturated carbocycles. The predicted octanol–water partition coefficient (Wildman–Crippen LogP) is 1.21. The van der Waals surface area contributed by atoms with E-state index < -0.39 is 0 Å². The van der Waals surface area contributed by atoms with Gasteiger partial charge in [0.15, 0.2) is 0 Å². The van der Waals surface area contributed by atoms with Crippen molar-refractivity contribution in [2.24, 2.45) is 0 Å². The number of nitrogens with zero attached hydrogens (tertiary/aromatic N) is 2. The van der Waals surface area contributed by atoms with Crippen LogP contribution in [0.15, 0.2) is 30.6 Å². The normalized spacial score (nSPS) is 10.3. The van der Waals surface area contributed by atoms with E-state index in [1.165, 1.54) is 0 Å². The number of benzene rings is 1. The van der Waals surface area contributed by atoms with Gasteiger partial charge in [-0.15, -0.1) is 0 Å². The number of nitrogens with one attached hydrogen (secondary N) is 1. The Morgan fingerprint density at radius 1 is 1.36 bits per heavy atom. The Bertz CT molecular complexity index is 364. The fourth-order valence-corrected chi connectivity index (χ4v) is 1.14. The quantitative estimate of drug-likeness (QED) is 0.657. The van der Waals surface area contributed by atoms with E-state index in [-0.39, 0.29) is 0 Å². The molecule has 1 heterocycles. The number of para-hydroxylation sites is 2. The van der Waals surface area contributed by atoms with Gasteiger partial charge in [0, 0.05) is 7.05 Å². The van der Waals surface area contributed by atoms with E-state index in [0.29, 0.717) is 0 Å². The first kappa shape index (κ1) is 6.22. The summed E-state index contributed by atoms with van der Waals surface area (Å²) in [5.41, 5.74) is 5.13. The molecule has 0 aliphatic carbocycles. The highest BCUT2D eigenvalue weighted by molar-refractivity contribution is 5.75. The monoisotopic (exact) mass is 147 g/mol. The van der Waals surface area contributed by atoms with Crippen molar-refractivity contribution in [1.29, 1.82) is 0 Å². The molecular formula is C8H9N3. The second-order valence-corrected chi connectivity index (χ2v) is 2.33. The maximum atomic E-state index is 4.19. The van der Waals surface area contributed by atoms with Crippen LogP contribution in [0.5, 0.6) is 0 Å². The van der Waals surface area contributed by atoms with Crippen LogP contribution in [0.1, 0.15) is 0 Å². The standard InChI is InChI=1S/C8H9N3/c1-9-11-6-10-7-4-2-3-5-8(7)11/h2-6,9H,1H3. The number of hydrogen-bond acceptors (Lipinski definition) is 2. The van der Waals surface area contributed by atoms with Crippen molar-refractivity contribution in [1.82, 2.24) is 9.66 Å². The largest absolute Gasteiger partial charge is 0.327 e. The fraction of sp³-hybridized carbons (Fsp3) is 0.125. The third-order valence-electron chi connectivity index (χ3n) is 1.69. The second-order valence-electron chi connectivity index (χ2n) is 2.33. The molecule has 0 spiro atoms. The molecule has 0 unspecified atom stereocenters. The number of hydrogen-bond donors (Lipinski definition) is 1. The average Bonchev–Trinajstić information content (AvgIpc) is 2.47. The molecule has 11 heavy (non-hydrogen) atoms. The highest BCUT2D eigenvalue weighted by atomic mass is 15.4. The molecule has 1 N–H and O–H groups in total. The average molecular weight is 147 g/mol. The molecule has 0 aliphatic heterocycles. The van der Waals surface area contributed by atoms with Crippen molar-refractivity contribution >= 4 is 11.0 Å². The summed E-state index contributed by atoms with van der Waals surface area (Å²) >= 11 is 0. The Hall–Kier alpha value is -1.51. The molecule has 1 aromatic carbocycles. The highest BCUT2D eigenvalue weighted by Crippen LogP contribution is 2.08. The van der Waals surface area contributed by atoms with E-state index in [1.54, 1.807) is 6.33 Å². The first-order valence-corrected chi connectivity index (χ1v) is 3.51. The molecule has 3 heteroatoms. The topological polar surface area (TPSA) is 29.9 Å². The lowest BCUT2D eigenvalue weighted by Crippen LogP contribution is -2.05. The first-order chi connectivity index (χ1) is 5.42. The van der Waals surface area contributed by atoms with Crippen LogP contribution >= 0.6 is 0 Å². The van der Waals surface area contributed by atoms with Crippen LogP contribution in [-0.2, 0) is 0 Å². The van der Waals surface area contributed by atoms with Crippen LogP contribution < -0.4 is 5.43 Å². The molecule has 3 nitrogen and oxygen atoms in total. The van der Waals surface area contributed by atoms with Crippen molar-refractivity contribution in [3.63, 3.8) is 0 Å². The lowest BCUT2D eigenvalue weighted by molar-refractivity contribution is 0.956. The van der Waals surface area contributed by atoms with Gasteiger partial charge in [-0.2, -0.15) is 0 Å². The summed E-state index contributed by atoms with van der Waals surface area (Å²) in [5.74, 6) is 0. The fourth-order valence-electron chi connectivity index (χ4n) is 1.14. The zero-order valence-corrected chi connectivity index (χ0v) is 6.28. The molecular weight excluding hydrogens is 138 g/mol. The van der Waals surface area contributed by atoms with Crippen LogP contribution in [0.3, 0.4) is 0 Å². The van der Waals surface area contributed by atoms with Crippen LogP contribution in [0.4, 0.5) is 0 Å². The summed E-state index contributed by atoms with van der Waals surface area (Å²) in [6, 6.07) is 8.00. The van der Waals surface area contributed by atoms with E-state index in [0.717, 1.165) is 11.0 Å². The van der Waals surface area contributed by atoms with Crippen molar-refractivity contribution in [3.8, 4) is 0 Å². The van der Waals surface area contributed by atoms with Crippen molar-refractivity contribution in [2.45, 2.75) is 0 Å². The smallest absolute Gasteiger partial charge is 0.115 e. The van der Waals surface area contributed by atoms with Crippen LogP contribution in [0.2, 0.25) is 0 Å². The minimum atomic E-state index is 1.02. The Morgan fingerprint density at radius 3 is 3.00 bits per heavy atom. The van der Waals surface area contributed by atoms with Crippen molar-refractivity contribution < 1.29 is 0 Å². The third-order valence-corrected chi connectivity index (χ3v) is 1.69. The Balaban J connectivity index is 2.76. The molecule has 0 fully saturated rings. The Labute approximate surface area is 64.6 Å². The molecule has 0 radical (unpaired) electrons. The van der Waals surface area contributed by atoms with Gasteiger partial charge in [-0.25, -0.2) is 9.66 Å². The Kier molecular flexibility index (Phi) is 1.28. The maximum Gasteiger partial charge on any atom is 0.115 e. The van der Waals surface area contributed by atoms with Gasteiger partial charge in [0.05, 0.1) is 11.0 Å². The van der Waals surface area contributed by atoms with Gasteiger partial charge in [0.2, 0.25) is 0 Å². The van der Waals surface area contributed by atoms with Gasteiger partial charge in [0.25, 0.3) is 0 Å². The first-order valence-electron chi connectivity index (χ1n) is 3.51. The molecule has 0 bridgehead atoms. The molecule has 0 saturated heterocycles. The molecule has 0 aliphatic rings. The van der Waals surface area contributed by atoms with E-state index in [4.69, 9.17) is 0 Å². The van der Waals surface area contributed by atoms with Gasteiger partial charge in [-0.1, -0.05) is 12.1 Å². The van der Waals surface area contributed by atoms with E-state index in [9.17, 15) is 0 Å². The molecule has 2 rings (SSSR count). The molecule has 56 valence electrons. The summed E-state index contributed by atoms with van der Waals surface area (Å²) in [7, 11) is 1.87. The SMILES string of the molecule is CNn1cnc2ccccc21. The van der Waals surface area contributed by atoms with Crippen LogP contribution in [-0.4, -0.2) is 16.7 Å². The third kappa shape index (κ3) is 0.852. The molecule has 2 aromatic rings. The zero-order chi connectivity index (χ0) is 7.68. The zero-order valence-electron chi connectivity index (χ0n) is 6.28. The Morgan fingerprint density at radius 2 is 2.18 bits per heavy atom. The lowest BCUT2D eigenvalue weighted by Gasteiger charge is -1.99. The minimum Gasteiger partial charge on any atom is -0.327 e. The van der Waals surface area contributed by atoms with Crippen LogP contribution in [0, 0.1) is 0 Å². The number of aromatic nitrogens is 2. The van der Waals surface area contributed by atoms with Gasteiger partial charge in [-0.05, 0) is 12.1 Å². The van der Waals surface area contributed by atoms with Gasteiger partial charge in [0.1, 0.15) is 6.33 Å². The van der Waals surface area contributed by atoms with Gasteiger partial charge in [-0.3, -0.25) is 0 Å². The summed E-state index contributed by atoms with van der Waals surface area (Å²) in [6.07, 6.45) is 1.77. The van der Waals surface area contributed by atoms with E-state index >= 15 is 0 Å². The summed E-state index contributed by atoms with van der Waals surface area (Å²) in [4.78, 5) is 4.19. The second kappa shape index (κ2) is 2.27. The van der Waals surface area contributed by atoms with Crippen molar-refractivity contribution in [2.75, 3.05) is 12.5 Å². The molecule has 0 atom stereocenters. The van der Waals surface area contributed by atoms with E-state index in [1.807, 2.05) is 36.0 Å². The predicted molar refractivity (Wildman–Crippen MR) is 45.0 cm³/mol. The summed E-state index contributed by atoms with van der Waals surface area (Å²) in [6.45, 7) is 0. The summed E-state index contributed by atoms with van der Waals surface area (Å²) in [5, 5.41) is 0. The molecule has 1 aromatic heterocycles. The summed E-state index contributed by atoms with van der Waals surface area (Å²) < 4.78 is 1.88. The number of imidazole rings is 1. The minimum absolute atomic E-state index is 1.02. The highest BCUT2D eigenvalue weighted by Gasteiger charge is 1.96. The van der Waals surface area contributed by atoms with Crippen molar-refractivity contribution in [3.05, 3.63) is 30.6 Å². The maximum absolute atomic E-state index is 4.19. The number of fused-ring (bicyclic) bond motifs is 1. The molecule has 0 amide bonds. The van der Waals surface area contributed by atoms with Gasteiger partial charge < -0.3 is 5.43 Å².